The fraction of sp³-hybridized carbons (Fsp3) is 0.550. The van der Waals surface area contributed by atoms with E-state index < -0.39 is 30.0 Å². The average molecular weight is 346 g/mol. The normalized spacial score (nSPS) is 35.5. The van der Waals surface area contributed by atoms with Crippen molar-refractivity contribution in [1.29, 1.82) is 0 Å². The Morgan fingerprint density at radius 2 is 2.12 bits per heavy atom. The van der Waals surface area contributed by atoms with Crippen LogP contribution < -0.4 is 0 Å². The Kier molecular flexibility index (Phi) is 6.11. The van der Waals surface area contributed by atoms with E-state index >= 15 is 0 Å². The van der Waals surface area contributed by atoms with Crippen LogP contribution >= 0.6 is 0 Å². The summed E-state index contributed by atoms with van der Waals surface area (Å²) in [6, 6.07) is 0. The second-order valence-corrected chi connectivity index (χ2v) is 7.09. The number of hydrogen-bond acceptors (Lipinski definition) is 5. The molecule has 1 aliphatic heterocycles. The van der Waals surface area contributed by atoms with E-state index in [9.17, 15) is 19.5 Å². The van der Waals surface area contributed by atoms with Crippen LogP contribution in [0.1, 0.15) is 40.0 Å². The molecule has 1 fully saturated rings. The van der Waals surface area contributed by atoms with Crippen molar-refractivity contribution in [2.24, 2.45) is 17.8 Å². The molecular formula is C20H26O5. The molecule has 0 saturated carbocycles. The Bertz CT molecular complexity index is 642. The van der Waals surface area contributed by atoms with Crippen LogP contribution in [0.4, 0.5) is 0 Å². The topological polar surface area (TPSA) is 80.7 Å². The number of ether oxygens (including phenoxy) is 1. The molecular weight excluding hydrogens is 320 g/mol. The van der Waals surface area contributed by atoms with Crippen LogP contribution in [0.2, 0.25) is 0 Å². The molecule has 0 aromatic rings. The second kappa shape index (κ2) is 7.91. The zero-order chi connectivity index (χ0) is 18.7. The summed E-state index contributed by atoms with van der Waals surface area (Å²) in [7, 11) is 0. The van der Waals surface area contributed by atoms with Crippen molar-refractivity contribution in [3.05, 3.63) is 35.5 Å². The summed E-state index contributed by atoms with van der Waals surface area (Å²) in [5.41, 5.74) is 1.48. The first-order valence-corrected chi connectivity index (χ1v) is 8.73. The summed E-state index contributed by atoms with van der Waals surface area (Å²) in [6.07, 6.45) is 3.82. The largest absolute Gasteiger partial charge is 0.454 e. The lowest BCUT2D eigenvalue weighted by molar-refractivity contribution is -0.137. The van der Waals surface area contributed by atoms with E-state index in [1.807, 2.05) is 20.8 Å². The highest BCUT2D eigenvalue weighted by atomic mass is 16.6. The number of fused-ring (bicyclic) bond motifs is 1. The second-order valence-electron chi connectivity index (χ2n) is 7.09. The van der Waals surface area contributed by atoms with E-state index in [0.29, 0.717) is 18.3 Å². The van der Waals surface area contributed by atoms with Gasteiger partial charge in [-0.15, -0.1) is 0 Å². The minimum absolute atomic E-state index is 0.0670. The number of allylic oxidation sites excluding steroid dienone is 2. The van der Waals surface area contributed by atoms with Gasteiger partial charge in [-0.3, -0.25) is 9.59 Å². The van der Waals surface area contributed by atoms with Gasteiger partial charge < -0.3 is 9.84 Å². The fourth-order valence-corrected chi connectivity index (χ4v) is 3.48. The predicted octanol–water partition coefficient (Wildman–Crippen LogP) is 2.54. The average Bonchev–Trinajstić information content (AvgIpc) is 2.85. The number of rotatable bonds is 4. The molecule has 5 nitrogen and oxygen atoms in total. The molecule has 0 radical (unpaired) electrons. The van der Waals surface area contributed by atoms with Crippen molar-refractivity contribution in [2.45, 2.75) is 52.2 Å². The first kappa shape index (κ1) is 19.3. The van der Waals surface area contributed by atoms with Gasteiger partial charge in [0.1, 0.15) is 18.2 Å². The van der Waals surface area contributed by atoms with Gasteiger partial charge in [0, 0.05) is 23.8 Å². The summed E-state index contributed by atoms with van der Waals surface area (Å²) >= 11 is 0. The van der Waals surface area contributed by atoms with Gasteiger partial charge in [0.05, 0.1) is 12.0 Å². The monoisotopic (exact) mass is 346 g/mol. The maximum atomic E-state index is 12.7. The van der Waals surface area contributed by atoms with Crippen LogP contribution in [0.25, 0.3) is 0 Å². The van der Waals surface area contributed by atoms with Crippen LogP contribution in [0.5, 0.6) is 0 Å². The number of aliphatic hydroxyl groups excluding tert-OH is 1. The third-order valence-electron chi connectivity index (χ3n) is 5.14. The zero-order valence-electron chi connectivity index (χ0n) is 15.0. The zero-order valence-corrected chi connectivity index (χ0v) is 15.0. The van der Waals surface area contributed by atoms with E-state index in [2.05, 4.69) is 6.58 Å². The molecule has 0 unspecified atom stereocenters. The number of Topliss-reactive ketones (excluding diaryl/α,β-unsaturated/α-hetero) is 1. The van der Waals surface area contributed by atoms with E-state index in [-0.39, 0.29) is 23.7 Å². The smallest absolute Gasteiger partial charge is 0.334 e. The third kappa shape index (κ3) is 4.15. The first-order valence-electron chi connectivity index (χ1n) is 8.73. The molecule has 25 heavy (non-hydrogen) atoms. The molecule has 5 atom stereocenters. The van der Waals surface area contributed by atoms with Gasteiger partial charge in [-0.2, -0.15) is 0 Å². The van der Waals surface area contributed by atoms with Gasteiger partial charge in [-0.25, -0.2) is 4.79 Å². The number of hydrogen-bond donors (Lipinski definition) is 1. The number of aliphatic hydroxyl groups is 1. The van der Waals surface area contributed by atoms with Crippen molar-refractivity contribution in [3.63, 3.8) is 0 Å². The highest BCUT2D eigenvalue weighted by Crippen LogP contribution is 2.35. The van der Waals surface area contributed by atoms with Crippen LogP contribution in [-0.2, 0) is 19.1 Å². The Morgan fingerprint density at radius 3 is 2.72 bits per heavy atom. The Morgan fingerprint density at radius 1 is 1.44 bits per heavy atom. The quantitative estimate of drug-likeness (QED) is 0.366. The lowest BCUT2D eigenvalue weighted by atomic mass is 9.81. The van der Waals surface area contributed by atoms with E-state index in [4.69, 9.17) is 4.74 Å². The lowest BCUT2D eigenvalue weighted by Crippen LogP contribution is -2.30. The number of ketones is 1. The molecule has 1 aliphatic carbocycles. The highest BCUT2D eigenvalue weighted by molar-refractivity contribution is 5.91. The van der Waals surface area contributed by atoms with Crippen molar-refractivity contribution in [2.75, 3.05) is 0 Å². The molecule has 1 saturated heterocycles. The Balaban J connectivity index is 2.42. The maximum Gasteiger partial charge on any atom is 0.334 e. The number of carbonyl (C=O) groups excluding carboxylic acids is 3. The molecule has 1 N–H and O–H groups in total. The number of carbonyl (C=O) groups is 3. The van der Waals surface area contributed by atoms with E-state index in [1.54, 1.807) is 12.2 Å². The Labute approximate surface area is 148 Å². The molecule has 0 amide bonds. The molecule has 5 heteroatoms. The van der Waals surface area contributed by atoms with Crippen molar-refractivity contribution < 1.29 is 24.2 Å². The predicted molar refractivity (Wildman–Crippen MR) is 93.6 cm³/mol. The van der Waals surface area contributed by atoms with Gasteiger partial charge in [0.2, 0.25) is 0 Å². The maximum absolute atomic E-state index is 12.7. The van der Waals surface area contributed by atoms with Gasteiger partial charge in [0.25, 0.3) is 0 Å². The summed E-state index contributed by atoms with van der Waals surface area (Å²) in [5, 5.41) is 10.6. The molecule has 136 valence electrons. The molecule has 2 rings (SSSR count). The van der Waals surface area contributed by atoms with Gasteiger partial charge in [-0.05, 0) is 31.4 Å². The minimum atomic E-state index is -0.970. The molecule has 1 heterocycles. The number of esters is 1. The molecule has 0 bridgehead atoms. The van der Waals surface area contributed by atoms with Crippen LogP contribution in [0, 0.1) is 17.8 Å². The van der Waals surface area contributed by atoms with E-state index in [0.717, 1.165) is 12.0 Å². The highest BCUT2D eigenvalue weighted by Gasteiger charge is 2.42. The minimum Gasteiger partial charge on any atom is -0.454 e. The number of aldehydes is 1. The molecule has 0 aromatic carbocycles. The van der Waals surface area contributed by atoms with Crippen molar-refractivity contribution in [1.82, 2.24) is 0 Å². The summed E-state index contributed by atoms with van der Waals surface area (Å²) < 4.78 is 5.32. The van der Waals surface area contributed by atoms with Crippen LogP contribution in [-0.4, -0.2) is 35.4 Å². The standard InChI is InChI=1S/C20H26O5/c1-5-12(3)19(23)15-6-11(2)7-17-18(13(4)20(24)25-17)16(22)9-14(8-15)10-21/h7-8,10,12,15-18,22H,4-6,9H2,1-3H3/b11-7+,14-8+/t12-,15+,16-,17-,18-/m1/s1. The van der Waals surface area contributed by atoms with E-state index in [1.165, 1.54) is 0 Å². The fourth-order valence-electron chi connectivity index (χ4n) is 3.48. The third-order valence-corrected chi connectivity index (χ3v) is 5.14. The summed E-state index contributed by atoms with van der Waals surface area (Å²) in [4.78, 5) is 36.0. The SMILES string of the molecule is C=C1C(=O)O[C@@H]2/C=C(\C)C[C@H](C(=O)[C@H](C)CC)/C=C(/C=O)C[C@@H](O)[C@@H]12. The van der Waals surface area contributed by atoms with Crippen LogP contribution in [0.3, 0.4) is 0 Å². The molecule has 2 aliphatic rings. The van der Waals surface area contributed by atoms with Crippen molar-refractivity contribution in [3.8, 4) is 0 Å². The van der Waals surface area contributed by atoms with Gasteiger partial charge in [-0.1, -0.05) is 32.1 Å². The van der Waals surface area contributed by atoms with Crippen molar-refractivity contribution >= 4 is 18.0 Å². The lowest BCUT2D eigenvalue weighted by Gasteiger charge is -2.25. The first-order chi connectivity index (χ1) is 11.8. The summed E-state index contributed by atoms with van der Waals surface area (Å²) in [6.45, 7) is 9.42. The molecule has 0 aromatic heterocycles. The molecule has 0 spiro atoms. The summed E-state index contributed by atoms with van der Waals surface area (Å²) in [5.74, 6) is -1.55. The van der Waals surface area contributed by atoms with Gasteiger partial charge >= 0.3 is 5.97 Å². The van der Waals surface area contributed by atoms with Gasteiger partial charge in [0.15, 0.2) is 0 Å². The Hall–Kier alpha value is -2.01. The van der Waals surface area contributed by atoms with Crippen LogP contribution in [0.15, 0.2) is 35.5 Å².